The van der Waals surface area contributed by atoms with Crippen molar-refractivity contribution in [3.8, 4) is 11.8 Å². The van der Waals surface area contributed by atoms with Crippen molar-refractivity contribution in [2.45, 2.75) is 65.8 Å². The molecule has 3 heteroatoms. The van der Waals surface area contributed by atoms with Gasteiger partial charge in [0, 0.05) is 18.3 Å². The molecule has 0 spiro atoms. The lowest BCUT2D eigenvalue weighted by atomic mass is 9.69. The van der Waals surface area contributed by atoms with Crippen LogP contribution in [-0.2, 0) is 9.22 Å². The lowest BCUT2D eigenvalue weighted by molar-refractivity contribution is -0.128. The van der Waals surface area contributed by atoms with Crippen molar-refractivity contribution in [3.63, 3.8) is 0 Å². The molecule has 32 heavy (non-hydrogen) atoms. The highest BCUT2D eigenvalue weighted by atomic mass is 28.4. The maximum atomic E-state index is 12.7. The minimum Gasteiger partial charge on any atom is -0.396 e. The second-order valence-corrected chi connectivity index (χ2v) is 15.6. The van der Waals surface area contributed by atoms with Crippen LogP contribution < -0.4 is 10.4 Å². The Hall–Kier alpha value is -2.15. The molecule has 2 atom stereocenters. The van der Waals surface area contributed by atoms with Crippen LogP contribution in [0.4, 0.5) is 0 Å². The summed E-state index contributed by atoms with van der Waals surface area (Å²) < 4.78 is 6.84. The van der Waals surface area contributed by atoms with E-state index in [-0.39, 0.29) is 22.3 Å². The fourth-order valence-corrected chi connectivity index (χ4v) is 9.23. The van der Waals surface area contributed by atoms with E-state index in [0.717, 1.165) is 12.8 Å². The Bertz CT molecular complexity index is 916. The number of hydrogen-bond donors (Lipinski definition) is 0. The first-order valence-electron chi connectivity index (χ1n) is 11.8. The lowest BCUT2D eigenvalue weighted by Crippen LogP contribution is -2.66. The minimum atomic E-state index is -2.55. The third kappa shape index (κ3) is 5.42. The number of benzene rings is 2. The van der Waals surface area contributed by atoms with Crippen molar-refractivity contribution in [2.75, 3.05) is 6.61 Å². The minimum absolute atomic E-state index is 0.0387. The predicted molar refractivity (Wildman–Crippen MR) is 137 cm³/mol. The highest BCUT2D eigenvalue weighted by molar-refractivity contribution is 6.99. The smallest absolute Gasteiger partial charge is 0.262 e. The summed E-state index contributed by atoms with van der Waals surface area (Å²) in [6, 6.07) is 21.3. The summed E-state index contributed by atoms with van der Waals surface area (Å²) in [6.07, 6.45) is 2.63. The number of rotatable bonds is 6. The van der Waals surface area contributed by atoms with Gasteiger partial charge >= 0.3 is 0 Å². The molecule has 0 amide bonds. The van der Waals surface area contributed by atoms with E-state index in [1.807, 2.05) is 0 Å². The SMILES string of the molecule is CC(C)(C)CC(=O)[C@H]1CC[C@@H]1C#CCO[Si](c1ccccc1)(c1ccccc1)C(C)(C)C. The van der Waals surface area contributed by atoms with Gasteiger partial charge in [0.2, 0.25) is 0 Å². The van der Waals surface area contributed by atoms with Crippen molar-refractivity contribution >= 4 is 24.5 Å². The average Bonchev–Trinajstić information content (AvgIpc) is 2.69. The van der Waals surface area contributed by atoms with E-state index in [0.29, 0.717) is 18.8 Å². The monoisotopic (exact) mass is 446 g/mol. The fraction of sp³-hybridized carbons (Fsp3) is 0.483. The zero-order valence-electron chi connectivity index (χ0n) is 20.6. The molecule has 170 valence electrons. The van der Waals surface area contributed by atoms with Gasteiger partial charge in [-0.25, -0.2) is 0 Å². The Kier molecular flexibility index (Phi) is 7.48. The fourth-order valence-electron chi connectivity index (χ4n) is 4.79. The van der Waals surface area contributed by atoms with Crippen LogP contribution in [0.3, 0.4) is 0 Å². The molecule has 0 aromatic heterocycles. The van der Waals surface area contributed by atoms with E-state index in [1.54, 1.807) is 0 Å². The molecule has 0 bridgehead atoms. The van der Waals surface area contributed by atoms with Crippen LogP contribution in [0.5, 0.6) is 0 Å². The number of carbonyl (C=O) groups excluding carboxylic acids is 1. The number of carbonyl (C=O) groups is 1. The molecule has 1 fully saturated rings. The predicted octanol–water partition coefficient (Wildman–Crippen LogP) is 5.60. The first-order chi connectivity index (χ1) is 15.0. The third-order valence-corrected chi connectivity index (χ3v) is 11.4. The Labute approximate surface area is 195 Å². The Morgan fingerprint density at radius 2 is 1.44 bits per heavy atom. The van der Waals surface area contributed by atoms with Crippen LogP contribution >= 0.6 is 0 Å². The van der Waals surface area contributed by atoms with Gasteiger partial charge in [0.1, 0.15) is 5.78 Å². The first-order valence-corrected chi connectivity index (χ1v) is 13.7. The van der Waals surface area contributed by atoms with Gasteiger partial charge in [0.25, 0.3) is 8.32 Å². The average molecular weight is 447 g/mol. The second-order valence-electron chi connectivity index (χ2n) is 11.3. The Morgan fingerprint density at radius 3 is 1.84 bits per heavy atom. The Morgan fingerprint density at radius 1 is 0.906 bits per heavy atom. The van der Waals surface area contributed by atoms with E-state index in [4.69, 9.17) is 4.43 Å². The lowest BCUT2D eigenvalue weighted by Gasteiger charge is -2.42. The van der Waals surface area contributed by atoms with Crippen LogP contribution in [-0.4, -0.2) is 20.7 Å². The van der Waals surface area contributed by atoms with Gasteiger partial charge in [-0.3, -0.25) is 4.79 Å². The molecule has 1 aliphatic carbocycles. The zero-order valence-corrected chi connectivity index (χ0v) is 21.6. The van der Waals surface area contributed by atoms with E-state index in [2.05, 4.69) is 114 Å². The number of Topliss-reactive ketones (excluding diaryl/α,β-unsaturated/α-hetero) is 1. The van der Waals surface area contributed by atoms with Gasteiger partial charge in [-0.15, -0.1) is 0 Å². The van der Waals surface area contributed by atoms with Crippen molar-refractivity contribution < 1.29 is 9.22 Å². The molecular weight excluding hydrogens is 408 g/mol. The molecule has 1 saturated carbocycles. The van der Waals surface area contributed by atoms with Gasteiger partial charge in [0.05, 0.1) is 6.61 Å². The quantitative estimate of drug-likeness (QED) is 0.427. The van der Waals surface area contributed by atoms with Crippen molar-refractivity contribution in [3.05, 3.63) is 60.7 Å². The summed E-state index contributed by atoms with van der Waals surface area (Å²) in [5.41, 5.74) is 0.0387. The van der Waals surface area contributed by atoms with Crippen LogP contribution in [0.25, 0.3) is 0 Å². The summed E-state index contributed by atoms with van der Waals surface area (Å²) in [5.74, 6) is 7.37. The van der Waals surface area contributed by atoms with Crippen LogP contribution in [0.1, 0.15) is 60.8 Å². The molecule has 0 radical (unpaired) electrons. The molecule has 1 aliphatic rings. The van der Waals surface area contributed by atoms with Gasteiger partial charge < -0.3 is 4.43 Å². The second kappa shape index (κ2) is 9.77. The van der Waals surface area contributed by atoms with Gasteiger partial charge in [-0.1, -0.05) is 114 Å². The van der Waals surface area contributed by atoms with Gasteiger partial charge in [-0.05, 0) is 33.7 Å². The van der Waals surface area contributed by atoms with Crippen molar-refractivity contribution in [1.29, 1.82) is 0 Å². The van der Waals surface area contributed by atoms with E-state index in [9.17, 15) is 4.79 Å². The largest absolute Gasteiger partial charge is 0.396 e. The molecule has 2 aromatic rings. The highest BCUT2D eigenvalue weighted by Gasteiger charge is 2.50. The summed E-state index contributed by atoms with van der Waals surface area (Å²) in [6.45, 7) is 13.6. The van der Waals surface area contributed by atoms with Gasteiger partial charge in [-0.2, -0.15) is 0 Å². The number of hydrogen-bond acceptors (Lipinski definition) is 2. The molecule has 0 unspecified atom stereocenters. The third-order valence-electron chi connectivity index (χ3n) is 6.46. The molecule has 0 aliphatic heterocycles. The van der Waals surface area contributed by atoms with Gasteiger partial charge in [0.15, 0.2) is 0 Å². The normalized spacial score (nSPS) is 18.9. The molecule has 3 rings (SSSR count). The van der Waals surface area contributed by atoms with Crippen molar-refractivity contribution in [2.24, 2.45) is 17.3 Å². The molecule has 0 heterocycles. The molecule has 0 saturated heterocycles. The molecule has 2 nitrogen and oxygen atoms in total. The first kappa shape index (κ1) is 24.5. The van der Waals surface area contributed by atoms with Crippen LogP contribution in [0.2, 0.25) is 5.04 Å². The topological polar surface area (TPSA) is 26.3 Å². The zero-order chi connectivity index (χ0) is 23.4. The standard InChI is InChI=1S/C29H38O2Si/c1-28(2,3)22-27(30)26-20-19-23(26)14-13-21-31-32(29(4,5)6,24-15-9-7-10-16-24)25-17-11-8-12-18-25/h7-12,15-18,23,26H,19-22H2,1-6H3/t23-,26-/m0/s1. The summed E-state index contributed by atoms with van der Waals surface area (Å²) in [5, 5.41) is 2.48. The maximum Gasteiger partial charge on any atom is 0.262 e. The molecular formula is C29H38O2Si. The molecule has 0 N–H and O–H groups in total. The summed E-state index contributed by atoms with van der Waals surface area (Å²) in [7, 11) is -2.55. The van der Waals surface area contributed by atoms with E-state index >= 15 is 0 Å². The van der Waals surface area contributed by atoms with Crippen LogP contribution in [0, 0.1) is 29.1 Å². The number of ketones is 1. The van der Waals surface area contributed by atoms with Crippen molar-refractivity contribution in [1.82, 2.24) is 0 Å². The summed E-state index contributed by atoms with van der Waals surface area (Å²) >= 11 is 0. The Balaban J connectivity index is 1.82. The van der Waals surface area contributed by atoms with Crippen LogP contribution in [0.15, 0.2) is 60.7 Å². The molecule has 2 aromatic carbocycles. The van der Waals surface area contributed by atoms with E-state index < -0.39 is 8.32 Å². The summed E-state index contributed by atoms with van der Waals surface area (Å²) in [4.78, 5) is 12.7. The van der Waals surface area contributed by atoms with E-state index in [1.165, 1.54) is 10.4 Å². The highest BCUT2D eigenvalue weighted by Crippen LogP contribution is 2.38. The maximum absolute atomic E-state index is 12.7.